The number of carbonyl (C=O) groups is 1. The second kappa shape index (κ2) is 8.66. The zero-order chi connectivity index (χ0) is 17.5. The highest BCUT2D eigenvalue weighted by molar-refractivity contribution is 6.42. The van der Waals surface area contributed by atoms with Crippen molar-refractivity contribution in [2.75, 3.05) is 26.1 Å². The van der Waals surface area contributed by atoms with Crippen LogP contribution in [0.3, 0.4) is 0 Å². The van der Waals surface area contributed by atoms with Crippen LogP contribution in [0, 0.1) is 0 Å². The number of amides is 1. The van der Waals surface area contributed by atoms with Crippen molar-refractivity contribution in [3.63, 3.8) is 0 Å². The lowest BCUT2D eigenvalue weighted by Gasteiger charge is -2.10. The molecule has 0 aliphatic heterocycles. The third-order valence-electron chi connectivity index (χ3n) is 3.24. The average molecular weight is 370 g/mol. The van der Waals surface area contributed by atoms with Crippen molar-refractivity contribution in [1.29, 1.82) is 0 Å². The third-order valence-corrected chi connectivity index (χ3v) is 3.98. The van der Waals surface area contributed by atoms with E-state index in [1.165, 1.54) is 0 Å². The van der Waals surface area contributed by atoms with Gasteiger partial charge in [-0.15, -0.1) is 0 Å². The second-order valence-corrected chi connectivity index (χ2v) is 5.64. The first-order chi connectivity index (χ1) is 11.5. The van der Waals surface area contributed by atoms with Crippen molar-refractivity contribution < 1.29 is 19.0 Å². The number of rotatable bonds is 6. The van der Waals surface area contributed by atoms with Gasteiger partial charge in [-0.3, -0.25) is 5.32 Å². The Morgan fingerprint density at radius 2 is 1.75 bits per heavy atom. The molecule has 24 heavy (non-hydrogen) atoms. The first kappa shape index (κ1) is 18.2. The van der Waals surface area contributed by atoms with Crippen molar-refractivity contribution >= 4 is 35.0 Å². The van der Waals surface area contributed by atoms with Gasteiger partial charge >= 0.3 is 6.09 Å². The fourth-order valence-electron chi connectivity index (χ4n) is 2.03. The second-order valence-electron chi connectivity index (χ2n) is 4.83. The lowest BCUT2D eigenvalue weighted by atomic mass is 10.1. The number of hydrogen-bond donors (Lipinski definition) is 1. The molecule has 0 aliphatic carbocycles. The predicted octanol–water partition coefficient (Wildman–Crippen LogP) is 4.80. The molecule has 0 saturated heterocycles. The predicted molar refractivity (Wildman–Crippen MR) is 94.7 cm³/mol. The van der Waals surface area contributed by atoms with E-state index in [1.54, 1.807) is 32.4 Å². The molecule has 1 N–H and O–H groups in total. The van der Waals surface area contributed by atoms with Crippen LogP contribution in [0.2, 0.25) is 10.0 Å². The molecule has 0 spiro atoms. The summed E-state index contributed by atoms with van der Waals surface area (Å²) in [7, 11) is 3.15. The van der Waals surface area contributed by atoms with Crippen molar-refractivity contribution in [2.24, 2.45) is 0 Å². The number of hydrogen-bond acceptors (Lipinski definition) is 4. The number of halogens is 2. The average Bonchev–Trinajstić information content (AvgIpc) is 2.58. The Hall–Kier alpha value is -2.11. The Kier molecular flexibility index (Phi) is 6.58. The third kappa shape index (κ3) is 4.94. The number of methoxy groups -OCH3 is 2. The molecule has 5 nitrogen and oxygen atoms in total. The SMILES string of the molecule is COc1ccc(CCOC(=O)Nc2ccc(Cl)c(Cl)c2)cc1OC. The topological polar surface area (TPSA) is 56.8 Å². The van der Waals surface area contributed by atoms with E-state index in [1.807, 2.05) is 18.2 Å². The van der Waals surface area contributed by atoms with Crippen molar-refractivity contribution in [3.8, 4) is 11.5 Å². The lowest BCUT2D eigenvalue weighted by molar-refractivity contribution is 0.163. The van der Waals surface area contributed by atoms with E-state index in [0.717, 1.165) is 5.56 Å². The summed E-state index contributed by atoms with van der Waals surface area (Å²) < 4.78 is 15.6. The standard InChI is InChI=1S/C17H17Cl2NO4/c1-22-15-6-3-11(9-16(15)23-2)7-8-24-17(21)20-12-4-5-13(18)14(19)10-12/h3-6,9-10H,7-8H2,1-2H3,(H,20,21). The number of ether oxygens (including phenoxy) is 3. The van der Waals surface area contributed by atoms with Gasteiger partial charge in [-0.05, 0) is 35.9 Å². The summed E-state index contributed by atoms with van der Waals surface area (Å²) in [4.78, 5) is 11.8. The van der Waals surface area contributed by atoms with Crippen LogP contribution in [-0.4, -0.2) is 26.9 Å². The molecule has 0 radical (unpaired) electrons. The molecule has 1 amide bonds. The molecule has 0 aromatic heterocycles. The van der Waals surface area contributed by atoms with Gasteiger partial charge in [0.25, 0.3) is 0 Å². The molecule has 0 saturated carbocycles. The number of anilines is 1. The molecular weight excluding hydrogens is 353 g/mol. The van der Waals surface area contributed by atoms with Gasteiger partial charge in [-0.1, -0.05) is 29.3 Å². The highest BCUT2D eigenvalue weighted by Crippen LogP contribution is 2.28. The minimum atomic E-state index is -0.561. The maximum Gasteiger partial charge on any atom is 0.411 e. The number of carbonyl (C=O) groups excluding carboxylic acids is 1. The summed E-state index contributed by atoms with van der Waals surface area (Å²) >= 11 is 11.7. The van der Waals surface area contributed by atoms with Crippen molar-refractivity contribution in [2.45, 2.75) is 6.42 Å². The smallest absolute Gasteiger partial charge is 0.411 e. The molecule has 2 aromatic rings. The first-order valence-corrected chi connectivity index (χ1v) is 7.89. The Morgan fingerprint density at radius 3 is 2.42 bits per heavy atom. The summed E-state index contributed by atoms with van der Waals surface area (Å²) in [5, 5.41) is 3.37. The largest absolute Gasteiger partial charge is 0.493 e. The van der Waals surface area contributed by atoms with Crippen molar-refractivity contribution in [1.82, 2.24) is 0 Å². The minimum Gasteiger partial charge on any atom is -0.493 e. The summed E-state index contributed by atoms with van der Waals surface area (Å²) in [6, 6.07) is 10.3. The van der Waals surface area contributed by atoms with Crippen LogP contribution in [0.25, 0.3) is 0 Å². The Labute approximate surface area is 150 Å². The van der Waals surface area contributed by atoms with Gasteiger partial charge in [0.1, 0.15) is 0 Å². The van der Waals surface area contributed by atoms with Gasteiger partial charge in [-0.2, -0.15) is 0 Å². The molecule has 128 valence electrons. The van der Waals surface area contributed by atoms with E-state index in [9.17, 15) is 4.79 Å². The van der Waals surface area contributed by atoms with Crippen LogP contribution < -0.4 is 14.8 Å². The van der Waals surface area contributed by atoms with E-state index in [4.69, 9.17) is 37.4 Å². The van der Waals surface area contributed by atoms with Gasteiger partial charge in [0.05, 0.1) is 30.9 Å². The maximum absolute atomic E-state index is 11.8. The van der Waals surface area contributed by atoms with Crippen molar-refractivity contribution in [3.05, 3.63) is 52.0 Å². The quantitative estimate of drug-likeness (QED) is 0.794. The lowest BCUT2D eigenvalue weighted by Crippen LogP contribution is -2.15. The Morgan fingerprint density at radius 1 is 1.00 bits per heavy atom. The molecule has 0 bridgehead atoms. The van der Waals surface area contributed by atoms with Crippen LogP contribution >= 0.6 is 23.2 Å². The van der Waals surface area contributed by atoms with Gasteiger partial charge in [0.15, 0.2) is 11.5 Å². The molecule has 0 atom stereocenters. The highest BCUT2D eigenvalue weighted by Gasteiger charge is 2.07. The molecule has 0 heterocycles. The van der Waals surface area contributed by atoms with Crippen LogP contribution in [0.4, 0.5) is 10.5 Å². The minimum absolute atomic E-state index is 0.225. The Balaban J connectivity index is 1.85. The van der Waals surface area contributed by atoms with Gasteiger partial charge in [0.2, 0.25) is 0 Å². The number of benzene rings is 2. The summed E-state index contributed by atoms with van der Waals surface area (Å²) in [5.41, 5.74) is 1.48. The van der Waals surface area contributed by atoms with Crippen LogP contribution in [0.5, 0.6) is 11.5 Å². The molecule has 2 aromatic carbocycles. The van der Waals surface area contributed by atoms with Gasteiger partial charge < -0.3 is 14.2 Å². The number of nitrogens with one attached hydrogen (secondary N) is 1. The maximum atomic E-state index is 11.8. The van der Waals surface area contributed by atoms with E-state index >= 15 is 0 Å². The molecule has 0 unspecified atom stereocenters. The molecule has 0 fully saturated rings. The van der Waals surface area contributed by atoms with Gasteiger partial charge in [0, 0.05) is 12.1 Å². The van der Waals surface area contributed by atoms with E-state index in [0.29, 0.717) is 33.7 Å². The van der Waals surface area contributed by atoms with Crippen LogP contribution in [0.15, 0.2) is 36.4 Å². The van der Waals surface area contributed by atoms with Gasteiger partial charge in [-0.25, -0.2) is 4.79 Å². The molecule has 7 heteroatoms. The van der Waals surface area contributed by atoms with E-state index in [2.05, 4.69) is 5.32 Å². The first-order valence-electron chi connectivity index (χ1n) is 7.13. The zero-order valence-corrected chi connectivity index (χ0v) is 14.8. The zero-order valence-electron chi connectivity index (χ0n) is 13.3. The highest BCUT2D eigenvalue weighted by atomic mass is 35.5. The molecular formula is C17H17Cl2NO4. The van der Waals surface area contributed by atoms with Crippen LogP contribution in [-0.2, 0) is 11.2 Å². The van der Waals surface area contributed by atoms with E-state index < -0.39 is 6.09 Å². The summed E-state index contributed by atoms with van der Waals surface area (Å²) in [6.07, 6.45) is -0.0105. The van der Waals surface area contributed by atoms with E-state index in [-0.39, 0.29) is 6.61 Å². The summed E-state index contributed by atoms with van der Waals surface area (Å²) in [6.45, 7) is 0.225. The monoisotopic (exact) mass is 369 g/mol. The fourth-order valence-corrected chi connectivity index (χ4v) is 2.32. The summed E-state index contributed by atoms with van der Waals surface area (Å²) in [5.74, 6) is 1.29. The molecule has 2 rings (SSSR count). The normalized spacial score (nSPS) is 10.2. The molecule has 0 aliphatic rings. The Bertz CT molecular complexity index is 722. The van der Waals surface area contributed by atoms with Crippen LogP contribution in [0.1, 0.15) is 5.56 Å². The fraction of sp³-hybridized carbons (Fsp3) is 0.235.